The van der Waals surface area contributed by atoms with Crippen molar-refractivity contribution in [3.05, 3.63) is 52.5 Å². The lowest BCUT2D eigenvalue weighted by molar-refractivity contribution is -0.118. The van der Waals surface area contributed by atoms with Crippen LogP contribution in [-0.2, 0) is 10.2 Å². The van der Waals surface area contributed by atoms with Crippen molar-refractivity contribution in [2.45, 2.75) is 40.0 Å². The van der Waals surface area contributed by atoms with Crippen LogP contribution >= 0.6 is 15.9 Å². The Morgan fingerprint density at radius 3 is 2.30 bits per heavy atom. The van der Waals surface area contributed by atoms with Gasteiger partial charge < -0.3 is 14.8 Å². The largest absolute Gasteiger partial charge is 0.493 e. The van der Waals surface area contributed by atoms with Crippen LogP contribution in [0.25, 0.3) is 0 Å². The van der Waals surface area contributed by atoms with Gasteiger partial charge in [0.05, 0.1) is 11.1 Å². The Hall–Kier alpha value is -2.01. The maximum atomic E-state index is 12.1. The van der Waals surface area contributed by atoms with Gasteiger partial charge in [0.25, 0.3) is 5.91 Å². The van der Waals surface area contributed by atoms with E-state index in [-0.39, 0.29) is 17.9 Å². The highest BCUT2D eigenvalue weighted by molar-refractivity contribution is 9.10. The Morgan fingerprint density at radius 2 is 1.74 bits per heavy atom. The highest BCUT2D eigenvalue weighted by atomic mass is 79.9. The van der Waals surface area contributed by atoms with Gasteiger partial charge in [0.1, 0.15) is 11.5 Å². The van der Waals surface area contributed by atoms with Crippen LogP contribution < -0.4 is 14.8 Å². The molecule has 0 unspecified atom stereocenters. The molecule has 1 amide bonds. The Morgan fingerprint density at radius 1 is 1.07 bits per heavy atom. The van der Waals surface area contributed by atoms with Crippen LogP contribution in [0.5, 0.6) is 11.5 Å². The van der Waals surface area contributed by atoms with E-state index in [1.807, 2.05) is 42.5 Å². The van der Waals surface area contributed by atoms with E-state index in [2.05, 4.69) is 55.9 Å². The van der Waals surface area contributed by atoms with Crippen molar-refractivity contribution in [2.75, 3.05) is 18.5 Å². The number of nitrogens with one attached hydrogen (secondary N) is 1. The Balaban J connectivity index is 1.87. The van der Waals surface area contributed by atoms with E-state index in [1.165, 1.54) is 5.56 Å². The van der Waals surface area contributed by atoms with Gasteiger partial charge in [-0.1, -0.05) is 40.7 Å². The Labute approximate surface area is 170 Å². The van der Waals surface area contributed by atoms with Crippen LogP contribution in [0.4, 0.5) is 5.69 Å². The summed E-state index contributed by atoms with van der Waals surface area (Å²) in [6.45, 7) is 11.3. The highest BCUT2D eigenvalue weighted by Crippen LogP contribution is 2.31. The van der Waals surface area contributed by atoms with Gasteiger partial charge in [-0.25, -0.2) is 0 Å². The van der Waals surface area contributed by atoms with Crippen molar-refractivity contribution in [1.82, 2.24) is 0 Å². The van der Waals surface area contributed by atoms with Gasteiger partial charge in [-0.3, -0.25) is 4.79 Å². The zero-order valence-electron chi connectivity index (χ0n) is 16.6. The molecule has 0 atom stereocenters. The zero-order valence-corrected chi connectivity index (χ0v) is 18.2. The second kappa shape index (κ2) is 9.27. The maximum absolute atomic E-state index is 12.1. The normalized spacial score (nSPS) is 11.4. The lowest BCUT2D eigenvalue weighted by Gasteiger charge is -2.20. The van der Waals surface area contributed by atoms with E-state index in [0.29, 0.717) is 24.0 Å². The average molecular weight is 434 g/mol. The first-order valence-electron chi connectivity index (χ1n) is 9.10. The lowest BCUT2D eigenvalue weighted by atomic mass is 9.87. The van der Waals surface area contributed by atoms with Crippen LogP contribution in [0.3, 0.4) is 0 Å². The maximum Gasteiger partial charge on any atom is 0.262 e. The molecule has 5 heteroatoms. The summed E-state index contributed by atoms with van der Waals surface area (Å²) in [6, 6.07) is 13.3. The highest BCUT2D eigenvalue weighted by Gasteiger charge is 2.15. The fourth-order valence-corrected chi connectivity index (χ4v) is 2.82. The summed E-state index contributed by atoms with van der Waals surface area (Å²) >= 11 is 3.52. The molecule has 0 heterocycles. The van der Waals surface area contributed by atoms with E-state index in [9.17, 15) is 4.79 Å². The number of amides is 1. The quantitative estimate of drug-likeness (QED) is 0.599. The minimum Gasteiger partial charge on any atom is -0.493 e. The molecule has 2 rings (SSSR count). The first-order valence-corrected chi connectivity index (χ1v) is 9.90. The third-order valence-corrected chi connectivity index (χ3v) is 4.50. The smallest absolute Gasteiger partial charge is 0.262 e. The van der Waals surface area contributed by atoms with E-state index in [0.717, 1.165) is 10.2 Å². The fraction of sp³-hybridized carbons (Fsp3) is 0.409. The van der Waals surface area contributed by atoms with Crippen molar-refractivity contribution < 1.29 is 14.3 Å². The van der Waals surface area contributed by atoms with E-state index < -0.39 is 0 Å². The number of halogens is 1. The summed E-state index contributed by atoms with van der Waals surface area (Å²) in [6.07, 6.45) is 0. The number of rotatable bonds is 7. The molecule has 0 aromatic heterocycles. The number of ether oxygens (including phenoxy) is 2. The van der Waals surface area contributed by atoms with E-state index in [4.69, 9.17) is 9.47 Å². The molecular weight excluding hydrogens is 406 g/mol. The molecule has 0 saturated heterocycles. The number of carbonyl (C=O) groups is 1. The summed E-state index contributed by atoms with van der Waals surface area (Å²) in [7, 11) is 0. The standard InChI is InChI=1S/C22H28BrNO3/c1-15(2)13-26-18-9-7-17(8-10-18)24-21(25)14-27-20-11-6-16(12-19(20)23)22(3,4)5/h6-12,15H,13-14H2,1-5H3,(H,24,25). The molecule has 0 spiro atoms. The fourth-order valence-electron chi connectivity index (χ4n) is 2.32. The molecule has 0 radical (unpaired) electrons. The summed E-state index contributed by atoms with van der Waals surface area (Å²) in [5.41, 5.74) is 1.97. The first kappa shape index (κ1) is 21.3. The van der Waals surface area contributed by atoms with Gasteiger partial charge >= 0.3 is 0 Å². The van der Waals surface area contributed by atoms with Crippen LogP contribution in [0, 0.1) is 5.92 Å². The average Bonchev–Trinajstić information content (AvgIpc) is 2.59. The Bertz CT molecular complexity index is 764. The zero-order chi connectivity index (χ0) is 20.0. The van der Waals surface area contributed by atoms with Gasteiger partial charge in [0, 0.05) is 5.69 Å². The second-order valence-electron chi connectivity index (χ2n) is 7.96. The van der Waals surface area contributed by atoms with Crippen molar-refractivity contribution >= 4 is 27.5 Å². The number of hydrogen-bond acceptors (Lipinski definition) is 3. The van der Waals surface area contributed by atoms with E-state index in [1.54, 1.807) is 0 Å². The predicted octanol–water partition coefficient (Wildman–Crippen LogP) is 5.80. The Kier molecular flexibility index (Phi) is 7.31. The summed E-state index contributed by atoms with van der Waals surface area (Å²) < 4.78 is 12.1. The molecule has 0 aliphatic rings. The van der Waals surface area contributed by atoms with Crippen molar-refractivity contribution in [3.8, 4) is 11.5 Å². The minimum absolute atomic E-state index is 0.0565. The molecule has 0 saturated carbocycles. The molecule has 0 aliphatic carbocycles. The van der Waals surface area contributed by atoms with Gasteiger partial charge in [0.15, 0.2) is 6.61 Å². The number of anilines is 1. The molecule has 1 N–H and O–H groups in total. The molecular formula is C22H28BrNO3. The van der Waals surface area contributed by atoms with Crippen molar-refractivity contribution in [3.63, 3.8) is 0 Å². The molecule has 2 aromatic carbocycles. The van der Waals surface area contributed by atoms with Gasteiger partial charge in [-0.2, -0.15) is 0 Å². The van der Waals surface area contributed by atoms with Gasteiger partial charge in [0.2, 0.25) is 0 Å². The minimum atomic E-state index is -0.211. The van der Waals surface area contributed by atoms with Crippen LogP contribution in [-0.4, -0.2) is 19.1 Å². The molecule has 0 fully saturated rings. The summed E-state index contributed by atoms with van der Waals surface area (Å²) in [5, 5.41) is 2.82. The molecule has 146 valence electrons. The lowest BCUT2D eigenvalue weighted by Crippen LogP contribution is -2.20. The predicted molar refractivity (Wildman–Crippen MR) is 114 cm³/mol. The van der Waals surface area contributed by atoms with Crippen molar-refractivity contribution in [2.24, 2.45) is 5.92 Å². The first-order chi connectivity index (χ1) is 12.6. The van der Waals surface area contributed by atoms with Crippen LogP contribution in [0.2, 0.25) is 0 Å². The molecule has 27 heavy (non-hydrogen) atoms. The van der Waals surface area contributed by atoms with Gasteiger partial charge in [-0.15, -0.1) is 0 Å². The number of carbonyl (C=O) groups excluding carboxylic acids is 1. The van der Waals surface area contributed by atoms with E-state index >= 15 is 0 Å². The molecule has 0 aliphatic heterocycles. The monoisotopic (exact) mass is 433 g/mol. The van der Waals surface area contributed by atoms with Crippen LogP contribution in [0.1, 0.15) is 40.2 Å². The topological polar surface area (TPSA) is 47.6 Å². The molecule has 0 bridgehead atoms. The van der Waals surface area contributed by atoms with Crippen LogP contribution in [0.15, 0.2) is 46.9 Å². The van der Waals surface area contributed by atoms with Crippen molar-refractivity contribution in [1.29, 1.82) is 0 Å². The second-order valence-corrected chi connectivity index (χ2v) is 8.82. The molecule has 2 aromatic rings. The SMILES string of the molecule is CC(C)COc1ccc(NC(=O)COc2ccc(C(C)(C)C)cc2Br)cc1. The van der Waals surface area contributed by atoms with Gasteiger partial charge in [-0.05, 0) is 69.2 Å². The summed E-state index contributed by atoms with van der Waals surface area (Å²) in [4.78, 5) is 12.1. The number of benzene rings is 2. The third kappa shape index (κ3) is 6.90. The molecule has 4 nitrogen and oxygen atoms in total. The summed E-state index contributed by atoms with van der Waals surface area (Å²) in [5.74, 6) is 1.70. The number of hydrogen-bond donors (Lipinski definition) is 1. The third-order valence-electron chi connectivity index (χ3n) is 3.88.